The van der Waals surface area contributed by atoms with Crippen LogP contribution in [0, 0.1) is 0 Å². The fraction of sp³-hybridized carbons (Fsp3) is 0.278. The highest BCUT2D eigenvalue weighted by molar-refractivity contribution is 6.04. The van der Waals surface area contributed by atoms with Gasteiger partial charge in [0.2, 0.25) is 5.91 Å². The number of carbonyl (C=O) groups is 3. The van der Waals surface area contributed by atoms with Crippen LogP contribution in [-0.4, -0.2) is 47.9 Å². The van der Waals surface area contributed by atoms with E-state index < -0.39 is 0 Å². The molecule has 0 spiro atoms. The zero-order chi connectivity index (χ0) is 21.0. The Hall–Kier alpha value is -3.89. The molecule has 0 saturated carbocycles. The van der Waals surface area contributed by atoms with Crippen LogP contribution >= 0.6 is 0 Å². The Labute approximate surface area is 166 Å². The molecule has 0 aliphatic heterocycles. The van der Waals surface area contributed by atoms with E-state index >= 15 is 0 Å². The predicted molar refractivity (Wildman–Crippen MR) is 105 cm³/mol. The fourth-order valence-electron chi connectivity index (χ4n) is 2.69. The van der Waals surface area contributed by atoms with E-state index in [1.165, 1.54) is 6.20 Å². The normalized spacial score (nSPS) is 10.6. The number of nitrogens with one attached hydrogen (secondary N) is 3. The van der Waals surface area contributed by atoms with E-state index in [0.717, 1.165) is 0 Å². The summed E-state index contributed by atoms with van der Waals surface area (Å²) in [4.78, 5) is 44.5. The average molecular weight is 398 g/mol. The number of nitrogens with zero attached hydrogens (tertiary/aromatic N) is 5. The highest BCUT2D eigenvalue weighted by atomic mass is 16.2. The first-order valence-corrected chi connectivity index (χ1v) is 8.84. The van der Waals surface area contributed by atoms with Gasteiger partial charge in [0.25, 0.3) is 11.8 Å². The third-order valence-corrected chi connectivity index (χ3v) is 4.13. The minimum atomic E-state index is -0.349. The van der Waals surface area contributed by atoms with Gasteiger partial charge in [-0.1, -0.05) is 0 Å². The quantitative estimate of drug-likeness (QED) is 0.534. The van der Waals surface area contributed by atoms with Gasteiger partial charge in [-0.25, -0.2) is 9.97 Å². The first-order valence-electron chi connectivity index (χ1n) is 8.84. The average Bonchev–Trinajstić information content (AvgIpc) is 3.35. The Morgan fingerprint density at radius 1 is 1.00 bits per heavy atom. The maximum atomic E-state index is 12.4. The van der Waals surface area contributed by atoms with Crippen molar-refractivity contribution in [2.75, 3.05) is 17.2 Å². The van der Waals surface area contributed by atoms with Crippen molar-refractivity contribution < 1.29 is 14.4 Å². The zero-order valence-corrected chi connectivity index (χ0v) is 16.3. The van der Waals surface area contributed by atoms with Crippen LogP contribution in [0.15, 0.2) is 37.2 Å². The summed E-state index contributed by atoms with van der Waals surface area (Å²) >= 11 is 0. The molecule has 0 saturated heterocycles. The molecule has 0 bridgehead atoms. The minimum absolute atomic E-state index is 0.0839. The van der Waals surface area contributed by atoms with E-state index in [1.807, 2.05) is 0 Å². The van der Waals surface area contributed by atoms with Crippen LogP contribution in [0.2, 0.25) is 0 Å². The molecule has 0 aliphatic rings. The molecule has 152 valence electrons. The van der Waals surface area contributed by atoms with Crippen molar-refractivity contribution in [1.82, 2.24) is 29.0 Å². The highest BCUT2D eigenvalue weighted by Gasteiger charge is 2.15. The molecule has 11 nitrogen and oxygen atoms in total. The molecule has 0 fully saturated rings. The van der Waals surface area contributed by atoms with E-state index in [9.17, 15) is 14.4 Å². The highest BCUT2D eigenvalue weighted by Crippen LogP contribution is 2.15. The van der Waals surface area contributed by atoms with Crippen molar-refractivity contribution in [3.05, 3.63) is 48.7 Å². The summed E-state index contributed by atoms with van der Waals surface area (Å²) in [7, 11) is 5.22. The van der Waals surface area contributed by atoms with Gasteiger partial charge >= 0.3 is 0 Å². The molecule has 29 heavy (non-hydrogen) atoms. The number of hydrogen-bond acceptors (Lipinski definition) is 5. The number of aryl methyl sites for hydroxylation is 3. The fourth-order valence-corrected chi connectivity index (χ4v) is 2.69. The summed E-state index contributed by atoms with van der Waals surface area (Å²) < 4.78 is 4.92. The Balaban J connectivity index is 1.50. The molecule has 3 N–H and O–H groups in total. The number of carbonyl (C=O) groups excluding carboxylic acids is 3. The number of rotatable bonds is 7. The molecule has 0 aromatic carbocycles. The maximum absolute atomic E-state index is 12.4. The van der Waals surface area contributed by atoms with Crippen LogP contribution in [0.1, 0.15) is 27.5 Å². The maximum Gasteiger partial charge on any atom is 0.287 e. The molecular formula is C18H22N8O3. The van der Waals surface area contributed by atoms with Crippen molar-refractivity contribution in [2.45, 2.75) is 6.42 Å². The number of amides is 3. The molecule has 0 radical (unpaired) electrons. The summed E-state index contributed by atoms with van der Waals surface area (Å²) in [5, 5.41) is 8.05. The molecule has 3 aromatic heterocycles. The zero-order valence-electron chi connectivity index (χ0n) is 16.3. The Bertz CT molecular complexity index is 1050. The summed E-state index contributed by atoms with van der Waals surface area (Å²) in [6, 6.07) is 1.57. The van der Waals surface area contributed by atoms with Crippen molar-refractivity contribution >= 4 is 29.2 Å². The number of aromatic nitrogens is 5. The number of imidazole rings is 2. The van der Waals surface area contributed by atoms with E-state index in [0.29, 0.717) is 17.2 Å². The Morgan fingerprint density at radius 2 is 1.79 bits per heavy atom. The van der Waals surface area contributed by atoms with E-state index in [4.69, 9.17) is 0 Å². The van der Waals surface area contributed by atoms with E-state index in [2.05, 4.69) is 25.9 Å². The molecular weight excluding hydrogens is 376 g/mol. The van der Waals surface area contributed by atoms with Gasteiger partial charge in [-0.2, -0.15) is 0 Å². The summed E-state index contributed by atoms with van der Waals surface area (Å²) in [5.41, 5.74) is 0.855. The molecule has 0 unspecified atom stereocenters. The lowest BCUT2D eigenvalue weighted by Gasteiger charge is -2.05. The standard InChI is InChI=1S/C18H22N8O3/c1-24-10-14(21-11-24)23-17(28)13-8-12(9-26(13)3)22-15(27)4-5-20-18(29)16-19-6-7-25(16)2/h6-11H,4-5H2,1-3H3,(H,20,29)(H,22,27)(H,23,28). The van der Waals surface area contributed by atoms with Crippen LogP contribution in [-0.2, 0) is 25.9 Å². The largest absolute Gasteiger partial charge is 0.349 e. The van der Waals surface area contributed by atoms with Gasteiger partial charge < -0.3 is 29.7 Å². The van der Waals surface area contributed by atoms with Gasteiger partial charge in [0, 0.05) is 58.9 Å². The molecule has 3 rings (SSSR count). The van der Waals surface area contributed by atoms with Crippen LogP contribution in [0.5, 0.6) is 0 Å². The van der Waals surface area contributed by atoms with Crippen molar-refractivity contribution in [3.8, 4) is 0 Å². The van der Waals surface area contributed by atoms with E-state index in [-0.39, 0.29) is 36.5 Å². The van der Waals surface area contributed by atoms with Crippen LogP contribution in [0.3, 0.4) is 0 Å². The SMILES string of the molecule is Cn1cnc(NC(=O)c2cc(NC(=O)CCNC(=O)c3nccn3C)cn2C)c1. The Morgan fingerprint density at radius 3 is 2.45 bits per heavy atom. The lowest BCUT2D eigenvalue weighted by atomic mass is 10.3. The first-order chi connectivity index (χ1) is 13.8. The lowest BCUT2D eigenvalue weighted by Crippen LogP contribution is -2.29. The lowest BCUT2D eigenvalue weighted by molar-refractivity contribution is -0.116. The smallest absolute Gasteiger partial charge is 0.287 e. The van der Waals surface area contributed by atoms with Gasteiger partial charge in [-0.3, -0.25) is 14.4 Å². The predicted octanol–water partition coefficient (Wildman–Crippen LogP) is 0.503. The third-order valence-electron chi connectivity index (χ3n) is 4.13. The minimum Gasteiger partial charge on any atom is -0.349 e. The van der Waals surface area contributed by atoms with Gasteiger partial charge in [0.15, 0.2) is 11.6 Å². The van der Waals surface area contributed by atoms with Crippen LogP contribution in [0.25, 0.3) is 0 Å². The van der Waals surface area contributed by atoms with Gasteiger partial charge in [0.05, 0.1) is 12.0 Å². The summed E-state index contributed by atoms with van der Waals surface area (Å²) in [5.74, 6) is -0.260. The van der Waals surface area contributed by atoms with Gasteiger partial charge in [-0.15, -0.1) is 0 Å². The summed E-state index contributed by atoms with van der Waals surface area (Å²) in [6.07, 6.45) is 8.18. The molecule has 11 heteroatoms. The second-order valence-electron chi connectivity index (χ2n) is 6.52. The molecule has 3 amide bonds. The molecule has 0 atom stereocenters. The number of anilines is 2. The van der Waals surface area contributed by atoms with Gasteiger partial charge in [-0.05, 0) is 6.07 Å². The second-order valence-corrected chi connectivity index (χ2v) is 6.52. The topological polar surface area (TPSA) is 128 Å². The number of hydrogen-bond donors (Lipinski definition) is 3. The monoisotopic (exact) mass is 398 g/mol. The van der Waals surface area contributed by atoms with E-state index in [1.54, 1.807) is 65.8 Å². The molecule has 0 aliphatic carbocycles. The van der Waals surface area contributed by atoms with Crippen molar-refractivity contribution in [1.29, 1.82) is 0 Å². The molecule has 3 aromatic rings. The first kappa shape index (κ1) is 19.9. The third kappa shape index (κ3) is 4.89. The summed E-state index contributed by atoms with van der Waals surface area (Å²) in [6.45, 7) is 0.164. The second kappa shape index (κ2) is 8.42. The van der Waals surface area contributed by atoms with Crippen molar-refractivity contribution in [2.24, 2.45) is 21.1 Å². The van der Waals surface area contributed by atoms with Crippen LogP contribution < -0.4 is 16.0 Å². The van der Waals surface area contributed by atoms with Crippen LogP contribution in [0.4, 0.5) is 11.5 Å². The van der Waals surface area contributed by atoms with Gasteiger partial charge in [0.1, 0.15) is 5.69 Å². The molecule has 3 heterocycles. The van der Waals surface area contributed by atoms with Crippen molar-refractivity contribution in [3.63, 3.8) is 0 Å². The Kier molecular flexibility index (Phi) is 5.77.